The van der Waals surface area contributed by atoms with Crippen LogP contribution in [0, 0.1) is 0 Å². The van der Waals surface area contributed by atoms with Crippen molar-refractivity contribution in [3.8, 4) is 0 Å². The topological polar surface area (TPSA) is 55.8 Å². The Hall–Kier alpha value is 0.327. The molecule has 0 saturated carbocycles. The molecule has 0 saturated heterocycles. The lowest BCUT2D eigenvalue weighted by atomic mass is 10.2. The van der Waals surface area contributed by atoms with Crippen LogP contribution >= 0.6 is 8.25 Å². The lowest BCUT2D eigenvalue weighted by Gasteiger charge is -2.36. The van der Waals surface area contributed by atoms with Crippen molar-refractivity contribution in [1.82, 2.24) is 0 Å². The molecule has 0 radical (unpaired) electrons. The Labute approximate surface area is 100 Å². The van der Waals surface area contributed by atoms with E-state index in [-0.39, 0.29) is 5.04 Å². The molecule has 4 nitrogen and oxygen atoms in total. The maximum absolute atomic E-state index is 10.3. The zero-order valence-electron chi connectivity index (χ0n) is 11.0. The normalized spacial score (nSPS) is 15.1. The van der Waals surface area contributed by atoms with Gasteiger partial charge in [-0.2, -0.15) is 0 Å². The van der Waals surface area contributed by atoms with Gasteiger partial charge in [0, 0.05) is 6.61 Å². The summed E-state index contributed by atoms with van der Waals surface area (Å²) in [5, 5.41) is 0.236. The summed E-state index contributed by atoms with van der Waals surface area (Å²) < 4.78 is 20.8. The van der Waals surface area contributed by atoms with Crippen molar-refractivity contribution in [1.29, 1.82) is 0 Å². The Morgan fingerprint density at radius 2 is 1.69 bits per heavy atom. The first-order chi connectivity index (χ1) is 7.17. The van der Waals surface area contributed by atoms with E-state index >= 15 is 0 Å². The summed E-state index contributed by atoms with van der Waals surface area (Å²) in [5.74, 6) is 0. The fourth-order valence-corrected chi connectivity index (χ4v) is 2.31. The summed E-state index contributed by atoms with van der Waals surface area (Å²) in [5.41, 5.74) is 0. The highest BCUT2D eigenvalue weighted by molar-refractivity contribution is 7.32. The highest BCUT2D eigenvalue weighted by atomic mass is 31.1. The van der Waals surface area contributed by atoms with E-state index in [9.17, 15) is 4.57 Å². The number of hydrogen-bond donors (Lipinski definition) is 1. The van der Waals surface area contributed by atoms with Gasteiger partial charge in [0.15, 0.2) is 8.32 Å². The van der Waals surface area contributed by atoms with Gasteiger partial charge in [0.05, 0.1) is 6.61 Å². The molecule has 1 unspecified atom stereocenters. The minimum atomic E-state index is -2.75. The van der Waals surface area contributed by atoms with Crippen molar-refractivity contribution >= 4 is 16.6 Å². The van der Waals surface area contributed by atoms with Gasteiger partial charge in [0.25, 0.3) is 0 Å². The van der Waals surface area contributed by atoms with Crippen LogP contribution in [0.4, 0.5) is 0 Å². The number of unbranched alkanes of at least 4 members (excludes halogenated alkanes) is 1. The van der Waals surface area contributed by atoms with E-state index in [0.29, 0.717) is 13.2 Å². The van der Waals surface area contributed by atoms with Crippen LogP contribution in [0.15, 0.2) is 0 Å². The second-order valence-corrected chi connectivity index (χ2v) is 11.1. The molecule has 0 rings (SSSR count). The molecule has 0 aromatic rings. The lowest BCUT2D eigenvalue weighted by molar-refractivity contribution is 0.242. The van der Waals surface area contributed by atoms with Crippen LogP contribution < -0.4 is 0 Å². The van der Waals surface area contributed by atoms with Crippen molar-refractivity contribution in [2.24, 2.45) is 0 Å². The molecule has 0 aromatic heterocycles. The SMILES string of the molecule is CC(C)(C)[Si](C)(C)OCCCCO[PH](=O)O. The van der Waals surface area contributed by atoms with Crippen molar-refractivity contribution in [3.63, 3.8) is 0 Å². The molecule has 0 fully saturated rings. The first-order valence-electron chi connectivity index (χ1n) is 5.66. The molecule has 6 heteroatoms. The fourth-order valence-electron chi connectivity index (χ4n) is 0.907. The Morgan fingerprint density at radius 1 is 1.19 bits per heavy atom. The van der Waals surface area contributed by atoms with Gasteiger partial charge in [-0.1, -0.05) is 20.8 Å². The average Bonchev–Trinajstić information content (AvgIpc) is 2.08. The van der Waals surface area contributed by atoms with E-state index in [2.05, 4.69) is 38.4 Å². The van der Waals surface area contributed by atoms with Crippen molar-refractivity contribution < 1.29 is 18.4 Å². The minimum Gasteiger partial charge on any atom is -0.417 e. The van der Waals surface area contributed by atoms with Gasteiger partial charge in [-0.3, -0.25) is 4.57 Å². The molecule has 0 amide bonds. The average molecular weight is 268 g/mol. The monoisotopic (exact) mass is 268 g/mol. The van der Waals surface area contributed by atoms with Gasteiger partial charge in [0.2, 0.25) is 0 Å². The molecule has 98 valence electrons. The second kappa shape index (κ2) is 6.92. The summed E-state index contributed by atoms with van der Waals surface area (Å²) in [7, 11) is -4.39. The molecule has 0 heterocycles. The van der Waals surface area contributed by atoms with Gasteiger partial charge in [-0.25, -0.2) is 0 Å². The predicted molar refractivity (Wildman–Crippen MR) is 69.6 cm³/mol. The molecule has 1 N–H and O–H groups in total. The molecular weight excluding hydrogens is 243 g/mol. The Bertz CT molecular complexity index is 225. The summed E-state index contributed by atoms with van der Waals surface area (Å²) >= 11 is 0. The molecule has 0 aliphatic rings. The van der Waals surface area contributed by atoms with Crippen LogP contribution in [0.5, 0.6) is 0 Å². The van der Waals surface area contributed by atoms with E-state index in [1.54, 1.807) is 0 Å². The van der Waals surface area contributed by atoms with E-state index in [0.717, 1.165) is 12.8 Å². The highest BCUT2D eigenvalue weighted by Crippen LogP contribution is 2.36. The van der Waals surface area contributed by atoms with E-state index in [4.69, 9.17) is 9.32 Å². The van der Waals surface area contributed by atoms with Crippen molar-refractivity contribution in [3.05, 3.63) is 0 Å². The quantitative estimate of drug-likeness (QED) is 0.437. The summed E-state index contributed by atoms with van der Waals surface area (Å²) in [6, 6.07) is 0. The zero-order chi connectivity index (χ0) is 12.8. The number of hydrogen-bond acceptors (Lipinski definition) is 3. The molecule has 16 heavy (non-hydrogen) atoms. The van der Waals surface area contributed by atoms with Crippen LogP contribution in [0.25, 0.3) is 0 Å². The molecule has 0 aromatic carbocycles. The maximum atomic E-state index is 10.3. The van der Waals surface area contributed by atoms with E-state index < -0.39 is 16.6 Å². The zero-order valence-corrected chi connectivity index (χ0v) is 13.0. The summed E-state index contributed by atoms with van der Waals surface area (Å²) in [4.78, 5) is 8.44. The summed E-state index contributed by atoms with van der Waals surface area (Å²) in [6.45, 7) is 12.1. The van der Waals surface area contributed by atoms with Gasteiger partial charge in [-0.05, 0) is 31.0 Å². The van der Waals surface area contributed by atoms with Crippen LogP contribution in [0.3, 0.4) is 0 Å². The van der Waals surface area contributed by atoms with Crippen molar-refractivity contribution in [2.45, 2.75) is 51.7 Å². The van der Waals surface area contributed by atoms with Crippen LogP contribution in [0.2, 0.25) is 18.1 Å². The van der Waals surface area contributed by atoms with Crippen LogP contribution in [-0.2, 0) is 13.5 Å². The van der Waals surface area contributed by atoms with Crippen LogP contribution in [0.1, 0.15) is 33.6 Å². The minimum absolute atomic E-state index is 0.236. The standard InChI is InChI=1S/C10H25O4PSi/c1-10(2,3)16(4,5)14-9-7-6-8-13-15(11)12/h15H,6-9H2,1-5H3,(H,11,12). The Balaban J connectivity index is 3.63. The third-order valence-corrected chi connectivity index (χ3v) is 8.02. The fraction of sp³-hybridized carbons (Fsp3) is 1.00. The lowest BCUT2D eigenvalue weighted by Crippen LogP contribution is -2.40. The largest absolute Gasteiger partial charge is 0.417 e. The molecule has 0 bridgehead atoms. The van der Waals surface area contributed by atoms with Crippen LogP contribution in [-0.4, -0.2) is 26.4 Å². The second-order valence-electron chi connectivity index (χ2n) is 5.43. The van der Waals surface area contributed by atoms with Gasteiger partial charge < -0.3 is 13.8 Å². The van der Waals surface area contributed by atoms with Gasteiger partial charge in [-0.15, -0.1) is 0 Å². The number of rotatable bonds is 7. The summed E-state index contributed by atoms with van der Waals surface area (Å²) in [6.07, 6.45) is 1.65. The first-order valence-corrected chi connectivity index (χ1v) is 9.84. The molecule has 0 spiro atoms. The Morgan fingerprint density at radius 3 is 2.12 bits per heavy atom. The van der Waals surface area contributed by atoms with Gasteiger partial charge in [0.1, 0.15) is 0 Å². The first kappa shape index (κ1) is 16.3. The van der Waals surface area contributed by atoms with Crippen molar-refractivity contribution in [2.75, 3.05) is 13.2 Å². The molecule has 0 aliphatic carbocycles. The molecule has 1 atom stereocenters. The van der Waals surface area contributed by atoms with E-state index in [1.165, 1.54) is 0 Å². The molecular formula is C10H25O4PSi. The molecule has 0 aliphatic heterocycles. The smallest absolute Gasteiger partial charge is 0.316 e. The highest BCUT2D eigenvalue weighted by Gasteiger charge is 2.36. The van der Waals surface area contributed by atoms with Gasteiger partial charge >= 0.3 is 8.25 Å². The third-order valence-electron chi connectivity index (χ3n) is 3.03. The van der Waals surface area contributed by atoms with E-state index in [1.807, 2.05) is 0 Å². The third kappa shape index (κ3) is 6.81. The Kier molecular flexibility index (Phi) is 7.06. The maximum Gasteiger partial charge on any atom is 0.316 e. The predicted octanol–water partition coefficient (Wildman–Crippen LogP) is 3.19.